The van der Waals surface area contributed by atoms with Crippen molar-refractivity contribution in [2.75, 3.05) is 19.5 Å². The quantitative estimate of drug-likeness (QED) is 0.382. The number of anilines is 1. The van der Waals surface area contributed by atoms with Crippen LogP contribution >= 0.6 is 22.9 Å². The first-order chi connectivity index (χ1) is 15.9. The summed E-state index contributed by atoms with van der Waals surface area (Å²) in [5.74, 6) is -1.74. The van der Waals surface area contributed by atoms with Gasteiger partial charge >= 0.3 is 11.9 Å². The molecule has 0 bridgehead atoms. The first-order valence-electron chi connectivity index (χ1n) is 9.68. The van der Waals surface area contributed by atoms with Crippen molar-refractivity contribution in [3.8, 4) is 10.6 Å². The van der Waals surface area contributed by atoms with Crippen LogP contribution in [0.5, 0.6) is 0 Å². The molecule has 33 heavy (non-hydrogen) atoms. The van der Waals surface area contributed by atoms with Gasteiger partial charge in [-0.15, -0.1) is 11.3 Å². The Morgan fingerprint density at radius 3 is 2.18 bits per heavy atom. The summed E-state index contributed by atoms with van der Waals surface area (Å²) >= 11 is 7.44. The minimum atomic E-state index is -0.650. The number of benzene rings is 2. The first-order valence-corrected chi connectivity index (χ1v) is 10.9. The van der Waals surface area contributed by atoms with Crippen LogP contribution in [0.4, 0.5) is 5.69 Å². The van der Waals surface area contributed by atoms with E-state index in [1.807, 2.05) is 24.3 Å². The summed E-state index contributed by atoms with van der Waals surface area (Å²) in [4.78, 5) is 42.9. The lowest BCUT2D eigenvalue weighted by Gasteiger charge is -2.12. The molecule has 0 atom stereocenters. The molecule has 0 aliphatic carbocycles. The monoisotopic (exact) mass is 480 g/mol. The fourth-order valence-corrected chi connectivity index (χ4v) is 4.31. The van der Waals surface area contributed by atoms with Crippen molar-refractivity contribution in [1.29, 1.82) is 0 Å². The molecule has 2 heterocycles. The number of halogens is 1. The van der Waals surface area contributed by atoms with Gasteiger partial charge in [-0.1, -0.05) is 29.8 Å². The zero-order valence-corrected chi connectivity index (χ0v) is 19.1. The summed E-state index contributed by atoms with van der Waals surface area (Å²) in [5, 5.41) is 3.42. The number of fused-ring (bicyclic) bond motifs is 1. The molecule has 166 valence electrons. The number of nitrogens with one attached hydrogen (secondary N) is 1. The summed E-state index contributed by atoms with van der Waals surface area (Å²) in [5.41, 5.74) is 2.07. The standard InChI is InChI=1S/C24H17ClN2O5S/c1-31-23(29)13-9-14(24(30)32-2)11-15(10-13)26-22(28)17-12-19(20-7-8-21(25)33-20)27-18-6-4-3-5-16(17)18/h3-12H,1-2H3,(H,26,28). The number of amides is 1. The van der Waals surface area contributed by atoms with Crippen molar-refractivity contribution >= 4 is 57.4 Å². The van der Waals surface area contributed by atoms with Gasteiger partial charge in [0.1, 0.15) is 0 Å². The molecule has 4 rings (SSSR count). The number of hydrogen-bond acceptors (Lipinski definition) is 7. The van der Waals surface area contributed by atoms with Crippen molar-refractivity contribution in [2.24, 2.45) is 0 Å². The molecular weight excluding hydrogens is 464 g/mol. The predicted molar refractivity (Wildman–Crippen MR) is 127 cm³/mol. The topological polar surface area (TPSA) is 94.6 Å². The summed E-state index contributed by atoms with van der Waals surface area (Å²) in [6.07, 6.45) is 0. The zero-order valence-electron chi connectivity index (χ0n) is 17.5. The van der Waals surface area contributed by atoms with Gasteiger partial charge in [0.15, 0.2) is 0 Å². The molecule has 0 fully saturated rings. The number of carbonyl (C=O) groups excluding carboxylic acids is 3. The molecule has 2 aromatic carbocycles. The third-order valence-corrected chi connectivity index (χ3v) is 6.07. The van der Waals surface area contributed by atoms with Crippen molar-refractivity contribution in [2.45, 2.75) is 0 Å². The molecule has 0 spiro atoms. The molecule has 0 radical (unpaired) electrons. The number of aromatic nitrogens is 1. The Morgan fingerprint density at radius 1 is 0.909 bits per heavy atom. The third-order valence-electron chi connectivity index (χ3n) is 4.82. The molecule has 0 aliphatic heterocycles. The summed E-state index contributed by atoms with van der Waals surface area (Å²) < 4.78 is 10.1. The minimum Gasteiger partial charge on any atom is -0.465 e. The average Bonchev–Trinajstić information content (AvgIpc) is 3.28. The fourth-order valence-electron chi connectivity index (χ4n) is 3.31. The van der Waals surface area contributed by atoms with E-state index >= 15 is 0 Å². The van der Waals surface area contributed by atoms with Crippen LogP contribution < -0.4 is 5.32 Å². The van der Waals surface area contributed by atoms with Gasteiger partial charge in [0.25, 0.3) is 5.91 Å². The van der Waals surface area contributed by atoms with Crippen LogP contribution in [0.2, 0.25) is 4.34 Å². The zero-order chi connectivity index (χ0) is 23.5. The normalized spacial score (nSPS) is 10.6. The maximum absolute atomic E-state index is 13.3. The number of para-hydroxylation sites is 1. The number of nitrogens with zero attached hydrogens (tertiary/aromatic N) is 1. The second-order valence-electron chi connectivity index (χ2n) is 6.91. The SMILES string of the molecule is COC(=O)c1cc(NC(=O)c2cc(-c3ccc(Cl)s3)nc3ccccc23)cc(C(=O)OC)c1. The van der Waals surface area contributed by atoms with Crippen LogP contribution in [0.1, 0.15) is 31.1 Å². The van der Waals surface area contributed by atoms with E-state index in [2.05, 4.69) is 10.3 Å². The molecule has 1 amide bonds. The van der Waals surface area contributed by atoms with E-state index in [1.54, 1.807) is 18.2 Å². The van der Waals surface area contributed by atoms with E-state index in [4.69, 9.17) is 21.1 Å². The van der Waals surface area contributed by atoms with Gasteiger partial charge in [-0.3, -0.25) is 4.79 Å². The second kappa shape index (κ2) is 9.40. The van der Waals surface area contributed by atoms with Crippen molar-refractivity contribution in [1.82, 2.24) is 4.98 Å². The summed E-state index contributed by atoms with van der Waals surface area (Å²) in [6, 6.07) is 16.8. The fraction of sp³-hybridized carbons (Fsp3) is 0.0833. The van der Waals surface area contributed by atoms with Gasteiger partial charge in [0, 0.05) is 11.1 Å². The largest absolute Gasteiger partial charge is 0.465 e. The molecule has 0 unspecified atom stereocenters. The molecule has 9 heteroatoms. The molecule has 4 aromatic rings. The van der Waals surface area contributed by atoms with Crippen molar-refractivity contribution in [3.63, 3.8) is 0 Å². The van der Waals surface area contributed by atoms with E-state index in [9.17, 15) is 14.4 Å². The molecule has 2 aromatic heterocycles. The molecule has 0 saturated carbocycles. The molecule has 0 aliphatic rings. The Kier molecular flexibility index (Phi) is 6.39. The minimum absolute atomic E-state index is 0.101. The number of rotatable bonds is 5. The highest BCUT2D eigenvalue weighted by atomic mass is 35.5. The Balaban J connectivity index is 1.78. The van der Waals surface area contributed by atoms with E-state index in [-0.39, 0.29) is 16.8 Å². The van der Waals surface area contributed by atoms with Crippen LogP contribution in [0.3, 0.4) is 0 Å². The number of hydrogen-bond donors (Lipinski definition) is 1. The van der Waals surface area contributed by atoms with Gasteiger partial charge in [-0.25, -0.2) is 14.6 Å². The van der Waals surface area contributed by atoms with Crippen molar-refractivity contribution in [3.05, 3.63) is 81.7 Å². The van der Waals surface area contributed by atoms with E-state index < -0.39 is 17.8 Å². The number of esters is 2. The number of thiophene rings is 1. The highest BCUT2D eigenvalue weighted by Crippen LogP contribution is 2.32. The van der Waals surface area contributed by atoms with Gasteiger partial charge < -0.3 is 14.8 Å². The Morgan fingerprint density at radius 2 is 1.58 bits per heavy atom. The van der Waals surface area contributed by atoms with Crippen LogP contribution in [-0.4, -0.2) is 37.0 Å². The van der Waals surface area contributed by atoms with Gasteiger partial charge in [-0.2, -0.15) is 0 Å². The lowest BCUT2D eigenvalue weighted by Crippen LogP contribution is -2.15. The van der Waals surface area contributed by atoms with Crippen LogP contribution in [0.15, 0.2) is 60.7 Å². The summed E-state index contributed by atoms with van der Waals surface area (Å²) in [6.45, 7) is 0. The smallest absolute Gasteiger partial charge is 0.337 e. The molecule has 0 saturated heterocycles. The summed E-state index contributed by atoms with van der Waals surface area (Å²) in [7, 11) is 2.46. The average molecular weight is 481 g/mol. The molecule has 1 N–H and O–H groups in total. The van der Waals surface area contributed by atoms with E-state index in [0.29, 0.717) is 26.5 Å². The highest BCUT2D eigenvalue weighted by Gasteiger charge is 2.18. The van der Waals surface area contributed by atoms with E-state index in [1.165, 1.54) is 43.8 Å². The van der Waals surface area contributed by atoms with Crippen molar-refractivity contribution < 1.29 is 23.9 Å². The molecular formula is C24H17ClN2O5S. The van der Waals surface area contributed by atoms with Gasteiger partial charge in [0.05, 0.1) is 51.3 Å². The number of pyridine rings is 1. The van der Waals surface area contributed by atoms with E-state index in [0.717, 1.165) is 4.88 Å². The second-order valence-corrected chi connectivity index (χ2v) is 8.63. The number of carbonyl (C=O) groups is 3. The Hall–Kier alpha value is -3.75. The highest BCUT2D eigenvalue weighted by molar-refractivity contribution is 7.19. The Bertz CT molecular complexity index is 1360. The number of ether oxygens (including phenoxy) is 2. The predicted octanol–water partition coefficient (Wildman–Crippen LogP) is 5.44. The van der Waals surface area contributed by atoms with Crippen LogP contribution in [0, 0.1) is 0 Å². The van der Waals surface area contributed by atoms with Crippen LogP contribution in [-0.2, 0) is 9.47 Å². The third kappa shape index (κ3) is 4.72. The van der Waals surface area contributed by atoms with Gasteiger partial charge in [-0.05, 0) is 42.5 Å². The van der Waals surface area contributed by atoms with Crippen LogP contribution in [0.25, 0.3) is 21.5 Å². The maximum Gasteiger partial charge on any atom is 0.337 e. The van der Waals surface area contributed by atoms with Gasteiger partial charge in [0.2, 0.25) is 0 Å². The maximum atomic E-state index is 13.3. The molecule has 7 nitrogen and oxygen atoms in total. The number of methoxy groups -OCH3 is 2. The first kappa shape index (κ1) is 22.4. The lowest BCUT2D eigenvalue weighted by molar-refractivity contribution is 0.0599. The Labute approximate surface area is 197 Å². The lowest BCUT2D eigenvalue weighted by atomic mass is 10.1.